The Morgan fingerprint density at radius 1 is 1.41 bits per heavy atom. The van der Waals surface area contributed by atoms with Gasteiger partial charge < -0.3 is 10.6 Å². The minimum Gasteiger partial charge on any atom is -0.370 e. The second kappa shape index (κ2) is 5.50. The first kappa shape index (κ1) is 12.4. The van der Waals surface area contributed by atoms with Gasteiger partial charge in [-0.15, -0.1) is 0 Å². The maximum atomic E-state index is 5.74. The summed E-state index contributed by atoms with van der Waals surface area (Å²) in [4.78, 5) is 6.80. The zero-order valence-corrected chi connectivity index (χ0v) is 10.9. The average molecular weight is 233 g/mol. The van der Waals surface area contributed by atoms with E-state index in [1.165, 1.54) is 18.5 Å². The molecule has 0 bridgehead atoms. The molecule has 1 saturated heterocycles. The lowest BCUT2D eigenvalue weighted by atomic mass is 9.86. The van der Waals surface area contributed by atoms with Gasteiger partial charge in [0.15, 0.2) is 0 Å². The quantitative estimate of drug-likeness (QED) is 0.871. The van der Waals surface area contributed by atoms with Crippen LogP contribution in [0.25, 0.3) is 0 Å². The van der Waals surface area contributed by atoms with Gasteiger partial charge in [0.05, 0.1) is 11.4 Å². The molecular weight excluding hydrogens is 210 g/mol. The number of hydrogen-bond acceptors (Lipinski definition) is 3. The van der Waals surface area contributed by atoms with E-state index in [1.807, 2.05) is 12.3 Å². The summed E-state index contributed by atoms with van der Waals surface area (Å²) in [5.74, 6) is 1.68. The molecule has 1 aliphatic rings. The van der Waals surface area contributed by atoms with E-state index in [2.05, 4.69) is 29.8 Å². The highest BCUT2D eigenvalue weighted by molar-refractivity contribution is 5.50. The Morgan fingerprint density at radius 3 is 2.71 bits per heavy atom. The molecule has 1 aromatic rings. The maximum absolute atomic E-state index is 5.74. The molecule has 0 aromatic carbocycles. The van der Waals surface area contributed by atoms with Crippen molar-refractivity contribution in [2.24, 2.45) is 17.6 Å². The van der Waals surface area contributed by atoms with Crippen LogP contribution in [0.1, 0.15) is 32.4 Å². The largest absolute Gasteiger partial charge is 0.370 e. The molecule has 1 aliphatic heterocycles. The molecule has 3 heteroatoms. The molecule has 0 radical (unpaired) electrons. The Morgan fingerprint density at radius 2 is 2.12 bits per heavy atom. The van der Waals surface area contributed by atoms with Crippen LogP contribution in [0.5, 0.6) is 0 Å². The van der Waals surface area contributed by atoms with E-state index in [0.29, 0.717) is 6.54 Å². The van der Waals surface area contributed by atoms with Crippen molar-refractivity contribution in [2.45, 2.75) is 33.2 Å². The number of pyridine rings is 1. The smallest absolute Gasteiger partial charge is 0.0772 e. The number of aromatic nitrogens is 1. The van der Waals surface area contributed by atoms with Crippen molar-refractivity contribution >= 4 is 5.69 Å². The van der Waals surface area contributed by atoms with E-state index in [-0.39, 0.29) is 0 Å². The van der Waals surface area contributed by atoms with Crippen molar-refractivity contribution in [2.75, 3.05) is 18.0 Å². The number of hydrogen-bond donors (Lipinski definition) is 1. The first-order chi connectivity index (χ1) is 8.22. The van der Waals surface area contributed by atoms with Crippen LogP contribution in [0.2, 0.25) is 0 Å². The molecule has 17 heavy (non-hydrogen) atoms. The summed E-state index contributed by atoms with van der Waals surface area (Å²) in [6.45, 7) is 7.47. The third kappa shape index (κ3) is 2.78. The third-order valence-corrected chi connectivity index (χ3v) is 3.88. The maximum Gasteiger partial charge on any atom is 0.0772 e. The van der Waals surface area contributed by atoms with E-state index in [9.17, 15) is 0 Å². The minimum atomic E-state index is 0.528. The van der Waals surface area contributed by atoms with Crippen LogP contribution in [-0.2, 0) is 6.54 Å². The predicted molar refractivity (Wildman–Crippen MR) is 71.9 cm³/mol. The van der Waals surface area contributed by atoms with Crippen molar-refractivity contribution in [1.82, 2.24) is 4.98 Å². The van der Waals surface area contributed by atoms with Crippen molar-refractivity contribution in [3.63, 3.8) is 0 Å². The molecule has 0 saturated carbocycles. The molecule has 1 fully saturated rings. The first-order valence-electron chi connectivity index (χ1n) is 6.61. The summed E-state index contributed by atoms with van der Waals surface area (Å²) in [5, 5.41) is 0. The molecule has 0 unspecified atom stereocenters. The standard InChI is InChI=1S/C14H23N3/c1-11(2)12-5-8-17(9-6-12)14-4-3-7-16-13(14)10-15/h3-4,7,11-12H,5-6,8-10,15H2,1-2H3. The first-order valence-corrected chi connectivity index (χ1v) is 6.61. The van der Waals surface area contributed by atoms with Crippen LogP contribution in [0, 0.1) is 11.8 Å². The van der Waals surface area contributed by atoms with Gasteiger partial charge in [0.25, 0.3) is 0 Å². The van der Waals surface area contributed by atoms with Crippen molar-refractivity contribution in [3.05, 3.63) is 24.0 Å². The van der Waals surface area contributed by atoms with Crippen molar-refractivity contribution < 1.29 is 0 Å². The molecule has 0 spiro atoms. The number of nitrogens with zero attached hydrogens (tertiary/aromatic N) is 2. The lowest BCUT2D eigenvalue weighted by molar-refractivity contribution is 0.311. The van der Waals surface area contributed by atoms with E-state index < -0.39 is 0 Å². The summed E-state index contributed by atoms with van der Waals surface area (Å²) in [7, 11) is 0. The van der Waals surface area contributed by atoms with Gasteiger partial charge in [0.2, 0.25) is 0 Å². The molecule has 0 atom stereocenters. The fourth-order valence-corrected chi connectivity index (χ4v) is 2.68. The van der Waals surface area contributed by atoms with E-state index in [0.717, 1.165) is 30.6 Å². The zero-order chi connectivity index (χ0) is 12.3. The van der Waals surface area contributed by atoms with Gasteiger partial charge in [-0.05, 0) is 36.8 Å². The summed E-state index contributed by atoms with van der Waals surface area (Å²) in [6.07, 6.45) is 4.40. The van der Waals surface area contributed by atoms with Crippen LogP contribution < -0.4 is 10.6 Å². The second-order valence-corrected chi connectivity index (χ2v) is 5.24. The molecular formula is C14H23N3. The molecule has 0 amide bonds. The van der Waals surface area contributed by atoms with Gasteiger partial charge in [-0.2, -0.15) is 0 Å². The Labute approximate surface area is 104 Å². The van der Waals surface area contributed by atoms with Crippen LogP contribution >= 0.6 is 0 Å². The third-order valence-electron chi connectivity index (χ3n) is 3.88. The van der Waals surface area contributed by atoms with Gasteiger partial charge in [-0.1, -0.05) is 13.8 Å². The summed E-state index contributed by atoms with van der Waals surface area (Å²) < 4.78 is 0. The highest BCUT2D eigenvalue weighted by atomic mass is 15.1. The fraction of sp³-hybridized carbons (Fsp3) is 0.643. The number of anilines is 1. The van der Waals surface area contributed by atoms with Crippen molar-refractivity contribution in [3.8, 4) is 0 Å². The number of nitrogens with two attached hydrogens (primary N) is 1. The van der Waals surface area contributed by atoms with Gasteiger partial charge in [-0.3, -0.25) is 4.98 Å². The SMILES string of the molecule is CC(C)C1CCN(c2cccnc2CN)CC1. The molecule has 2 N–H and O–H groups in total. The minimum absolute atomic E-state index is 0.528. The lowest BCUT2D eigenvalue weighted by Crippen LogP contribution is -2.36. The molecule has 1 aromatic heterocycles. The van der Waals surface area contributed by atoms with Gasteiger partial charge >= 0.3 is 0 Å². The van der Waals surface area contributed by atoms with E-state index in [1.54, 1.807) is 0 Å². The molecule has 0 aliphatic carbocycles. The number of piperidine rings is 1. The molecule has 2 heterocycles. The Kier molecular flexibility index (Phi) is 4.00. The fourth-order valence-electron chi connectivity index (χ4n) is 2.68. The Bertz CT molecular complexity index is 354. The second-order valence-electron chi connectivity index (χ2n) is 5.24. The predicted octanol–water partition coefficient (Wildman–Crippen LogP) is 2.41. The van der Waals surface area contributed by atoms with Crippen LogP contribution in [0.4, 0.5) is 5.69 Å². The van der Waals surface area contributed by atoms with E-state index in [4.69, 9.17) is 5.73 Å². The number of rotatable bonds is 3. The molecule has 94 valence electrons. The summed E-state index contributed by atoms with van der Waals surface area (Å²) in [6, 6.07) is 4.15. The normalized spacial score (nSPS) is 17.8. The van der Waals surface area contributed by atoms with Crippen LogP contribution in [0.15, 0.2) is 18.3 Å². The Balaban J connectivity index is 2.05. The van der Waals surface area contributed by atoms with Gasteiger partial charge in [0, 0.05) is 25.8 Å². The van der Waals surface area contributed by atoms with Crippen molar-refractivity contribution in [1.29, 1.82) is 0 Å². The zero-order valence-electron chi connectivity index (χ0n) is 10.9. The highest BCUT2D eigenvalue weighted by Crippen LogP contribution is 2.28. The van der Waals surface area contributed by atoms with Crippen LogP contribution in [-0.4, -0.2) is 18.1 Å². The summed E-state index contributed by atoms with van der Waals surface area (Å²) in [5.41, 5.74) is 8.00. The molecule has 2 rings (SSSR count). The average Bonchev–Trinajstić information content (AvgIpc) is 2.39. The topological polar surface area (TPSA) is 42.2 Å². The highest BCUT2D eigenvalue weighted by Gasteiger charge is 2.22. The Hall–Kier alpha value is -1.09. The van der Waals surface area contributed by atoms with E-state index >= 15 is 0 Å². The van der Waals surface area contributed by atoms with Crippen LogP contribution in [0.3, 0.4) is 0 Å². The summed E-state index contributed by atoms with van der Waals surface area (Å²) >= 11 is 0. The van der Waals surface area contributed by atoms with Gasteiger partial charge in [-0.25, -0.2) is 0 Å². The molecule has 3 nitrogen and oxygen atoms in total. The monoisotopic (exact) mass is 233 g/mol. The lowest BCUT2D eigenvalue weighted by Gasteiger charge is -2.35. The van der Waals surface area contributed by atoms with Gasteiger partial charge in [0.1, 0.15) is 0 Å².